The number of nitrogens with two attached hydrogens (primary N) is 1. The van der Waals surface area contributed by atoms with E-state index < -0.39 is 0 Å². The summed E-state index contributed by atoms with van der Waals surface area (Å²) in [6, 6.07) is 0.351. The van der Waals surface area contributed by atoms with Crippen molar-refractivity contribution in [3.05, 3.63) is 11.9 Å². The highest BCUT2D eigenvalue weighted by Crippen LogP contribution is 2.53. The first kappa shape index (κ1) is 12.2. The molecule has 1 aromatic heterocycles. The molecule has 0 unspecified atom stereocenters. The molecule has 4 fully saturated rings. The molecular formula is C15H22N4O. The second-order valence-corrected chi connectivity index (χ2v) is 7.00. The van der Waals surface area contributed by atoms with Gasteiger partial charge in [-0.15, -0.1) is 0 Å². The quantitative estimate of drug-likeness (QED) is 0.859. The minimum Gasteiger partial charge on any atom is -0.396 e. The highest BCUT2D eigenvalue weighted by Gasteiger charge is 2.48. The number of carbonyl (C=O) groups is 1. The van der Waals surface area contributed by atoms with Crippen LogP contribution in [-0.2, 0) is 7.05 Å². The van der Waals surface area contributed by atoms with E-state index in [9.17, 15) is 4.79 Å². The molecule has 5 rings (SSSR count). The lowest BCUT2D eigenvalue weighted by Crippen LogP contribution is -2.56. The van der Waals surface area contributed by atoms with Gasteiger partial charge in [0.1, 0.15) is 5.69 Å². The van der Waals surface area contributed by atoms with E-state index in [-0.39, 0.29) is 5.91 Å². The van der Waals surface area contributed by atoms with Gasteiger partial charge in [0.2, 0.25) is 0 Å². The summed E-state index contributed by atoms with van der Waals surface area (Å²) in [7, 11) is 1.77. The maximum absolute atomic E-state index is 12.5. The summed E-state index contributed by atoms with van der Waals surface area (Å²) in [5.74, 6) is 3.16. The van der Waals surface area contributed by atoms with Gasteiger partial charge in [-0.25, -0.2) is 0 Å². The minimum atomic E-state index is -0.0556. The summed E-state index contributed by atoms with van der Waals surface area (Å²) in [6.07, 6.45) is 8.20. The highest BCUT2D eigenvalue weighted by molar-refractivity contribution is 5.97. The molecule has 20 heavy (non-hydrogen) atoms. The van der Waals surface area contributed by atoms with E-state index in [1.54, 1.807) is 17.9 Å². The lowest BCUT2D eigenvalue weighted by atomic mass is 9.54. The summed E-state index contributed by atoms with van der Waals surface area (Å²) in [6.45, 7) is 0. The number of nitrogens with one attached hydrogen (secondary N) is 1. The largest absolute Gasteiger partial charge is 0.396 e. The van der Waals surface area contributed by atoms with Crippen molar-refractivity contribution in [2.45, 2.75) is 38.1 Å². The maximum atomic E-state index is 12.5. The molecule has 0 saturated heterocycles. The highest BCUT2D eigenvalue weighted by atomic mass is 16.2. The molecule has 1 heterocycles. The first-order valence-corrected chi connectivity index (χ1v) is 7.70. The molecule has 4 aliphatic carbocycles. The number of hydrogen-bond donors (Lipinski definition) is 2. The van der Waals surface area contributed by atoms with Crippen molar-refractivity contribution in [2.24, 2.45) is 30.7 Å². The van der Waals surface area contributed by atoms with Crippen LogP contribution >= 0.6 is 0 Å². The fourth-order valence-electron chi connectivity index (χ4n) is 5.11. The van der Waals surface area contributed by atoms with Crippen molar-refractivity contribution < 1.29 is 4.79 Å². The third kappa shape index (κ3) is 1.75. The molecule has 5 nitrogen and oxygen atoms in total. The van der Waals surface area contributed by atoms with E-state index in [1.165, 1.54) is 32.1 Å². The molecule has 108 valence electrons. The molecule has 0 aromatic carbocycles. The molecule has 4 saturated carbocycles. The number of rotatable bonds is 2. The van der Waals surface area contributed by atoms with E-state index >= 15 is 0 Å². The predicted octanol–water partition coefficient (Wildman–Crippen LogP) is 1.56. The average molecular weight is 274 g/mol. The van der Waals surface area contributed by atoms with Crippen LogP contribution in [0.1, 0.15) is 42.6 Å². The zero-order valence-electron chi connectivity index (χ0n) is 11.9. The van der Waals surface area contributed by atoms with E-state index in [0.717, 1.165) is 11.8 Å². The Kier molecular flexibility index (Phi) is 2.59. The van der Waals surface area contributed by atoms with Crippen molar-refractivity contribution in [3.8, 4) is 0 Å². The van der Waals surface area contributed by atoms with Gasteiger partial charge in [-0.2, -0.15) is 5.10 Å². The monoisotopic (exact) mass is 274 g/mol. The summed E-state index contributed by atoms with van der Waals surface area (Å²) in [5.41, 5.74) is 6.81. The fraction of sp³-hybridized carbons (Fsp3) is 0.733. The van der Waals surface area contributed by atoms with Gasteiger partial charge >= 0.3 is 0 Å². The fourth-order valence-corrected chi connectivity index (χ4v) is 5.11. The molecule has 4 aliphatic rings. The third-order valence-electron chi connectivity index (χ3n) is 5.71. The first-order chi connectivity index (χ1) is 9.61. The Hall–Kier alpha value is -1.52. The van der Waals surface area contributed by atoms with E-state index in [2.05, 4.69) is 10.4 Å². The lowest BCUT2D eigenvalue weighted by molar-refractivity contribution is -0.0120. The Morgan fingerprint density at radius 1 is 1.25 bits per heavy atom. The second kappa shape index (κ2) is 4.24. The van der Waals surface area contributed by atoms with Crippen LogP contribution in [0.4, 0.5) is 5.69 Å². The Morgan fingerprint density at radius 2 is 1.85 bits per heavy atom. The van der Waals surface area contributed by atoms with Crippen LogP contribution in [0.25, 0.3) is 0 Å². The normalized spacial score (nSPS) is 38.1. The Morgan fingerprint density at radius 3 is 2.35 bits per heavy atom. The zero-order valence-corrected chi connectivity index (χ0v) is 11.9. The molecule has 0 aliphatic heterocycles. The van der Waals surface area contributed by atoms with Gasteiger partial charge < -0.3 is 11.1 Å². The van der Waals surface area contributed by atoms with Gasteiger partial charge in [-0.05, 0) is 55.8 Å². The van der Waals surface area contributed by atoms with Crippen LogP contribution in [0.2, 0.25) is 0 Å². The molecule has 1 aromatic rings. The average Bonchev–Trinajstić information content (AvgIpc) is 2.72. The van der Waals surface area contributed by atoms with E-state index in [1.807, 2.05) is 0 Å². The number of amides is 1. The molecule has 4 bridgehead atoms. The SMILES string of the molecule is Cn1ncc(N)c1C(=O)NC1C2CC3CC(C2)CC1C3. The second-order valence-electron chi connectivity index (χ2n) is 7.00. The van der Waals surface area contributed by atoms with Crippen LogP contribution in [0.5, 0.6) is 0 Å². The maximum Gasteiger partial charge on any atom is 0.271 e. The minimum absolute atomic E-state index is 0.0556. The summed E-state index contributed by atoms with van der Waals surface area (Å²) in [5, 5.41) is 7.32. The number of anilines is 1. The number of carbonyl (C=O) groups excluding carboxylic acids is 1. The van der Waals surface area contributed by atoms with Crippen molar-refractivity contribution in [1.82, 2.24) is 15.1 Å². The molecule has 3 N–H and O–H groups in total. The van der Waals surface area contributed by atoms with Crippen LogP contribution in [0.15, 0.2) is 6.20 Å². The smallest absolute Gasteiger partial charge is 0.271 e. The van der Waals surface area contributed by atoms with E-state index in [4.69, 9.17) is 5.73 Å². The van der Waals surface area contributed by atoms with Gasteiger partial charge in [0.25, 0.3) is 5.91 Å². The van der Waals surface area contributed by atoms with Crippen LogP contribution in [0.3, 0.4) is 0 Å². The van der Waals surface area contributed by atoms with Gasteiger partial charge in [0.05, 0.1) is 11.9 Å². The predicted molar refractivity (Wildman–Crippen MR) is 75.9 cm³/mol. The van der Waals surface area contributed by atoms with Crippen molar-refractivity contribution in [1.29, 1.82) is 0 Å². The van der Waals surface area contributed by atoms with Gasteiger partial charge in [-0.1, -0.05) is 0 Å². The van der Waals surface area contributed by atoms with E-state index in [0.29, 0.717) is 29.3 Å². The molecular weight excluding hydrogens is 252 g/mol. The Balaban J connectivity index is 1.53. The molecule has 0 atom stereocenters. The van der Waals surface area contributed by atoms with Gasteiger partial charge in [0, 0.05) is 13.1 Å². The lowest BCUT2D eigenvalue weighted by Gasteiger charge is -2.54. The Labute approximate surface area is 118 Å². The summed E-state index contributed by atoms with van der Waals surface area (Å²) < 4.78 is 1.57. The van der Waals surface area contributed by atoms with Gasteiger partial charge in [0.15, 0.2) is 0 Å². The van der Waals surface area contributed by atoms with Crippen molar-refractivity contribution >= 4 is 11.6 Å². The van der Waals surface area contributed by atoms with Crippen molar-refractivity contribution in [3.63, 3.8) is 0 Å². The molecule has 0 radical (unpaired) electrons. The Bertz CT molecular complexity index is 503. The third-order valence-corrected chi connectivity index (χ3v) is 5.71. The zero-order chi connectivity index (χ0) is 13.9. The standard InChI is InChI=1S/C15H22N4O/c1-19-14(12(16)7-17-19)15(20)18-13-10-3-8-2-9(5-10)6-11(13)4-8/h7-11,13H,2-6,16H2,1H3,(H,18,20). The number of nitrogens with zero attached hydrogens (tertiary/aromatic N) is 2. The first-order valence-electron chi connectivity index (χ1n) is 7.70. The number of aromatic nitrogens is 2. The van der Waals surface area contributed by atoms with Crippen molar-refractivity contribution in [2.75, 3.05) is 5.73 Å². The summed E-state index contributed by atoms with van der Waals surface area (Å²) in [4.78, 5) is 12.5. The molecule has 1 amide bonds. The van der Waals surface area contributed by atoms with Gasteiger partial charge in [-0.3, -0.25) is 9.48 Å². The molecule has 5 heteroatoms. The number of aryl methyl sites for hydroxylation is 1. The van der Waals surface area contributed by atoms with Crippen LogP contribution in [-0.4, -0.2) is 21.7 Å². The van der Waals surface area contributed by atoms with Crippen LogP contribution < -0.4 is 11.1 Å². The topological polar surface area (TPSA) is 72.9 Å². The number of hydrogen-bond acceptors (Lipinski definition) is 3. The molecule has 0 spiro atoms. The van der Waals surface area contributed by atoms with Crippen LogP contribution in [0, 0.1) is 23.7 Å². The number of nitrogen functional groups attached to an aromatic ring is 1. The summed E-state index contributed by atoms with van der Waals surface area (Å²) >= 11 is 0.